The molecule has 3 N–H and O–H groups in total. The summed E-state index contributed by atoms with van der Waals surface area (Å²) >= 11 is 0. The van der Waals surface area contributed by atoms with Crippen molar-refractivity contribution in [3.05, 3.63) is 23.8 Å². The quantitative estimate of drug-likeness (QED) is 0.703. The molecule has 1 atom stereocenters. The molecule has 0 spiro atoms. The van der Waals surface area contributed by atoms with E-state index in [1.165, 1.54) is 5.56 Å². The number of benzene rings is 1. The van der Waals surface area contributed by atoms with Crippen LogP contribution in [-0.4, -0.2) is 24.2 Å². The van der Waals surface area contributed by atoms with E-state index in [0.717, 1.165) is 25.2 Å². The van der Waals surface area contributed by atoms with E-state index in [9.17, 15) is 5.11 Å². The largest absolute Gasteiger partial charge is 0.506 e. The van der Waals surface area contributed by atoms with E-state index in [2.05, 4.69) is 4.90 Å². The van der Waals surface area contributed by atoms with Gasteiger partial charge in [0.05, 0.1) is 5.69 Å². The predicted octanol–water partition coefficient (Wildman–Crippen LogP) is 1.24. The Morgan fingerprint density at radius 1 is 1.50 bits per heavy atom. The third-order valence-corrected chi connectivity index (χ3v) is 2.70. The Hall–Kier alpha value is -1.22. The minimum atomic E-state index is 0.245. The maximum Gasteiger partial charge on any atom is 0.138 e. The fourth-order valence-corrected chi connectivity index (χ4v) is 1.89. The van der Waals surface area contributed by atoms with Crippen LogP contribution in [0.1, 0.15) is 12.0 Å². The molecule has 0 amide bonds. The van der Waals surface area contributed by atoms with E-state index in [0.29, 0.717) is 5.75 Å². The fraction of sp³-hybridized carbons (Fsp3) is 0.455. The number of anilines is 1. The van der Waals surface area contributed by atoms with Crippen molar-refractivity contribution in [2.24, 2.45) is 5.73 Å². The molecule has 76 valence electrons. The van der Waals surface area contributed by atoms with Crippen molar-refractivity contribution in [2.75, 3.05) is 18.0 Å². The van der Waals surface area contributed by atoms with Crippen molar-refractivity contribution in [1.29, 1.82) is 0 Å². The summed E-state index contributed by atoms with van der Waals surface area (Å²) in [4.78, 5) is 2.15. The highest BCUT2D eigenvalue weighted by atomic mass is 16.3. The summed E-state index contributed by atoms with van der Waals surface area (Å²) in [5, 5.41) is 9.70. The van der Waals surface area contributed by atoms with E-state index >= 15 is 0 Å². The Bertz CT molecular complexity index is 338. The predicted molar refractivity (Wildman–Crippen MR) is 57.6 cm³/mol. The molecule has 0 bridgehead atoms. The summed E-state index contributed by atoms with van der Waals surface area (Å²) in [7, 11) is 0. The van der Waals surface area contributed by atoms with Crippen LogP contribution in [0.25, 0.3) is 0 Å². The molecule has 14 heavy (non-hydrogen) atoms. The number of hydrogen-bond donors (Lipinski definition) is 2. The third kappa shape index (κ3) is 1.68. The molecule has 1 fully saturated rings. The highest BCUT2D eigenvalue weighted by molar-refractivity contribution is 5.60. The number of aryl methyl sites for hydroxylation is 1. The van der Waals surface area contributed by atoms with Crippen LogP contribution in [0.3, 0.4) is 0 Å². The van der Waals surface area contributed by atoms with Crippen molar-refractivity contribution < 1.29 is 5.11 Å². The molecule has 3 nitrogen and oxygen atoms in total. The lowest BCUT2D eigenvalue weighted by atomic mass is 10.2. The molecule has 1 saturated heterocycles. The van der Waals surface area contributed by atoms with Gasteiger partial charge < -0.3 is 15.7 Å². The second kappa shape index (κ2) is 3.50. The van der Waals surface area contributed by atoms with Crippen LogP contribution in [0.4, 0.5) is 5.69 Å². The van der Waals surface area contributed by atoms with Gasteiger partial charge in [0.1, 0.15) is 5.75 Å². The summed E-state index contributed by atoms with van der Waals surface area (Å²) in [6, 6.07) is 5.91. The van der Waals surface area contributed by atoms with Crippen LogP contribution >= 0.6 is 0 Å². The van der Waals surface area contributed by atoms with Gasteiger partial charge in [-0.2, -0.15) is 0 Å². The summed E-state index contributed by atoms with van der Waals surface area (Å²) in [5.41, 5.74) is 7.91. The number of hydrogen-bond acceptors (Lipinski definition) is 3. The molecular formula is C11H16N2O. The topological polar surface area (TPSA) is 49.5 Å². The molecule has 1 aromatic rings. The first-order chi connectivity index (χ1) is 6.66. The van der Waals surface area contributed by atoms with Crippen molar-refractivity contribution in [2.45, 2.75) is 19.4 Å². The summed E-state index contributed by atoms with van der Waals surface area (Å²) < 4.78 is 0. The second-order valence-corrected chi connectivity index (χ2v) is 3.99. The average molecular weight is 192 g/mol. The molecule has 0 saturated carbocycles. The van der Waals surface area contributed by atoms with Gasteiger partial charge in [-0.05, 0) is 31.0 Å². The Kier molecular flexibility index (Phi) is 2.33. The highest BCUT2D eigenvalue weighted by Gasteiger charge is 2.21. The van der Waals surface area contributed by atoms with Crippen molar-refractivity contribution >= 4 is 5.69 Å². The first kappa shape index (κ1) is 9.34. The molecular weight excluding hydrogens is 176 g/mol. The zero-order valence-corrected chi connectivity index (χ0v) is 8.40. The minimum Gasteiger partial charge on any atom is -0.506 e. The highest BCUT2D eigenvalue weighted by Crippen LogP contribution is 2.30. The van der Waals surface area contributed by atoms with E-state index in [-0.39, 0.29) is 6.04 Å². The zero-order chi connectivity index (χ0) is 10.1. The monoisotopic (exact) mass is 192 g/mol. The molecule has 0 aromatic heterocycles. The molecule has 0 aliphatic carbocycles. The van der Waals surface area contributed by atoms with Gasteiger partial charge in [0.15, 0.2) is 0 Å². The van der Waals surface area contributed by atoms with Crippen LogP contribution < -0.4 is 10.6 Å². The maximum atomic E-state index is 9.70. The standard InChI is InChI=1S/C11H16N2O/c1-8-2-3-11(14)10(6-8)13-5-4-9(12)7-13/h2-3,6,9,14H,4-5,7,12H2,1H3. The minimum absolute atomic E-state index is 0.245. The maximum absolute atomic E-state index is 9.70. The summed E-state index contributed by atoms with van der Waals surface area (Å²) in [6.07, 6.45) is 1.01. The summed E-state index contributed by atoms with van der Waals surface area (Å²) in [6.45, 7) is 3.81. The van der Waals surface area contributed by atoms with Gasteiger partial charge in [-0.25, -0.2) is 0 Å². The Morgan fingerprint density at radius 3 is 2.93 bits per heavy atom. The van der Waals surface area contributed by atoms with Crippen LogP contribution in [0.15, 0.2) is 18.2 Å². The van der Waals surface area contributed by atoms with Crippen molar-refractivity contribution in [3.8, 4) is 5.75 Å². The lowest BCUT2D eigenvalue weighted by Crippen LogP contribution is -2.26. The molecule has 1 aliphatic heterocycles. The molecule has 0 radical (unpaired) electrons. The SMILES string of the molecule is Cc1ccc(O)c(N2CCC(N)C2)c1. The van der Waals surface area contributed by atoms with Crippen LogP contribution in [0.2, 0.25) is 0 Å². The third-order valence-electron chi connectivity index (χ3n) is 2.70. The first-order valence-electron chi connectivity index (χ1n) is 4.97. The smallest absolute Gasteiger partial charge is 0.138 e. The Balaban J connectivity index is 2.27. The zero-order valence-electron chi connectivity index (χ0n) is 8.40. The normalized spacial score (nSPS) is 21.6. The van der Waals surface area contributed by atoms with Gasteiger partial charge in [0.2, 0.25) is 0 Å². The van der Waals surface area contributed by atoms with Crippen LogP contribution in [0, 0.1) is 6.92 Å². The summed E-state index contributed by atoms with van der Waals surface area (Å²) in [5.74, 6) is 0.352. The van der Waals surface area contributed by atoms with E-state index < -0.39 is 0 Å². The molecule has 1 heterocycles. The number of aromatic hydroxyl groups is 1. The lowest BCUT2D eigenvalue weighted by Gasteiger charge is -2.19. The average Bonchev–Trinajstić information content (AvgIpc) is 2.56. The van der Waals surface area contributed by atoms with Crippen molar-refractivity contribution in [1.82, 2.24) is 0 Å². The number of rotatable bonds is 1. The number of phenolic OH excluding ortho intramolecular Hbond substituents is 1. The number of phenols is 1. The first-order valence-corrected chi connectivity index (χ1v) is 4.97. The Labute approximate surface area is 84.1 Å². The van der Waals surface area contributed by atoms with E-state index in [1.807, 2.05) is 19.1 Å². The molecule has 1 aromatic carbocycles. The van der Waals surface area contributed by atoms with Gasteiger partial charge in [0.25, 0.3) is 0 Å². The van der Waals surface area contributed by atoms with Crippen LogP contribution in [-0.2, 0) is 0 Å². The van der Waals surface area contributed by atoms with Crippen molar-refractivity contribution in [3.63, 3.8) is 0 Å². The molecule has 1 aliphatic rings. The Morgan fingerprint density at radius 2 is 2.29 bits per heavy atom. The number of nitrogens with two attached hydrogens (primary N) is 1. The number of nitrogens with zero attached hydrogens (tertiary/aromatic N) is 1. The molecule has 1 unspecified atom stereocenters. The molecule has 3 heteroatoms. The van der Waals surface area contributed by atoms with Gasteiger partial charge in [0, 0.05) is 19.1 Å². The van der Waals surface area contributed by atoms with Gasteiger partial charge in [-0.3, -0.25) is 0 Å². The van der Waals surface area contributed by atoms with Gasteiger partial charge in [-0.1, -0.05) is 6.07 Å². The molecule has 2 rings (SSSR count). The van der Waals surface area contributed by atoms with Gasteiger partial charge in [-0.15, -0.1) is 0 Å². The fourth-order valence-electron chi connectivity index (χ4n) is 1.89. The van der Waals surface area contributed by atoms with Crippen LogP contribution in [0.5, 0.6) is 5.75 Å². The van der Waals surface area contributed by atoms with E-state index in [1.54, 1.807) is 6.07 Å². The second-order valence-electron chi connectivity index (χ2n) is 3.99. The lowest BCUT2D eigenvalue weighted by molar-refractivity contribution is 0.474. The van der Waals surface area contributed by atoms with E-state index in [4.69, 9.17) is 5.73 Å². The van der Waals surface area contributed by atoms with Gasteiger partial charge >= 0.3 is 0 Å².